The summed E-state index contributed by atoms with van der Waals surface area (Å²) in [5, 5.41) is 2.54. The minimum absolute atomic E-state index is 1.19. The number of fused-ring (bicyclic) bond motifs is 4. The molecule has 0 amide bonds. The van der Waals surface area contributed by atoms with Gasteiger partial charge in [-0.3, -0.25) is 0 Å². The maximum Gasteiger partial charge on any atom is 0.238 e. The minimum Gasteiger partial charge on any atom is -0.349 e. The lowest BCUT2D eigenvalue weighted by molar-refractivity contribution is -0.616. The van der Waals surface area contributed by atoms with Crippen molar-refractivity contribution in [3.8, 4) is 0 Å². The van der Waals surface area contributed by atoms with Crippen molar-refractivity contribution < 1.29 is 4.57 Å². The van der Waals surface area contributed by atoms with Gasteiger partial charge in [0.25, 0.3) is 0 Å². The predicted octanol–water partition coefficient (Wildman–Crippen LogP) is 4.33. The summed E-state index contributed by atoms with van der Waals surface area (Å²) in [5.74, 6) is 0. The van der Waals surface area contributed by atoms with Crippen molar-refractivity contribution in [1.29, 1.82) is 0 Å². The Kier molecular flexibility index (Phi) is 3.15. The molecule has 0 aliphatic rings. The first kappa shape index (κ1) is 12.7. The molecule has 0 fully saturated rings. The Hall–Kier alpha value is -2.35. The number of hydrogen-bond acceptors (Lipinski definition) is 0. The van der Waals surface area contributed by atoms with E-state index in [9.17, 15) is 0 Å². The number of aryl methyl sites for hydroxylation is 1. The molecular weight excluding hydrogens is 244 g/mol. The van der Waals surface area contributed by atoms with E-state index in [4.69, 9.17) is 0 Å². The van der Waals surface area contributed by atoms with Crippen LogP contribution < -0.4 is 4.57 Å². The molecule has 2 nitrogen and oxygen atoms in total. The third-order valence-corrected chi connectivity index (χ3v) is 3.64. The highest BCUT2D eigenvalue weighted by Crippen LogP contribution is 2.24. The molecule has 20 heavy (non-hydrogen) atoms. The van der Waals surface area contributed by atoms with Crippen LogP contribution in [0.15, 0.2) is 54.6 Å². The van der Waals surface area contributed by atoms with E-state index in [0.29, 0.717) is 0 Å². The van der Waals surface area contributed by atoms with Crippen LogP contribution in [-0.4, -0.2) is 4.98 Å². The summed E-state index contributed by atoms with van der Waals surface area (Å²) in [7, 11) is 2.13. The summed E-state index contributed by atoms with van der Waals surface area (Å²) in [6.07, 6.45) is 0. The zero-order valence-corrected chi connectivity index (χ0v) is 12.1. The summed E-state index contributed by atoms with van der Waals surface area (Å²) < 4.78 is 2.27. The molecule has 4 aromatic rings. The standard InChI is InChI=1S/C16H12N2.C2H6/c1-18-15-9-5-2-6-11(15)10-14-16(18)12-7-3-4-8-13(12)17-14;1-2/h2-10H,1H3;1-2H3/p+1. The number of nitrogens with one attached hydrogen (secondary N) is 1. The van der Waals surface area contributed by atoms with Gasteiger partial charge in [0.1, 0.15) is 12.6 Å². The Morgan fingerprint density at radius 1 is 0.850 bits per heavy atom. The van der Waals surface area contributed by atoms with E-state index < -0.39 is 0 Å². The van der Waals surface area contributed by atoms with Crippen LogP contribution in [0.4, 0.5) is 0 Å². The monoisotopic (exact) mass is 263 g/mol. The number of hydrogen-bond donors (Lipinski definition) is 1. The highest BCUT2D eigenvalue weighted by atomic mass is 15.0. The number of aromatic amines is 1. The minimum atomic E-state index is 1.19. The van der Waals surface area contributed by atoms with E-state index >= 15 is 0 Å². The smallest absolute Gasteiger partial charge is 0.238 e. The molecule has 0 unspecified atom stereocenters. The summed E-state index contributed by atoms with van der Waals surface area (Å²) in [6, 6.07) is 19.2. The predicted molar refractivity (Wildman–Crippen MR) is 85.8 cm³/mol. The van der Waals surface area contributed by atoms with Crippen LogP contribution >= 0.6 is 0 Å². The molecule has 0 saturated carbocycles. The number of para-hydroxylation sites is 2. The molecular formula is C18H19N2+. The normalized spacial score (nSPS) is 10.8. The molecule has 0 radical (unpaired) electrons. The molecule has 100 valence electrons. The van der Waals surface area contributed by atoms with Gasteiger partial charge in [0.05, 0.1) is 10.9 Å². The molecule has 0 bridgehead atoms. The third kappa shape index (κ3) is 1.76. The van der Waals surface area contributed by atoms with Gasteiger partial charge in [-0.2, -0.15) is 4.57 Å². The number of aromatic nitrogens is 2. The first-order valence-electron chi connectivity index (χ1n) is 7.13. The number of benzene rings is 2. The van der Waals surface area contributed by atoms with Crippen LogP contribution in [0, 0.1) is 0 Å². The van der Waals surface area contributed by atoms with Gasteiger partial charge in [-0.1, -0.05) is 38.1 Å². The van der Waals surface area contributed by atoms with Gasteiger partial charge in [0, 0.05) is 11.5 Å². The summed E-state index contributed by atoms with van der Waals surface area (Å²) in [5.41, 5.74) is 4.91. The Morgan fingerprint density at radius 3 is 2.40 bits per heavy atom. The Labute approximate surface area is 118 Å². The fraction of sp³-hybridized carbons (Fsp3) is 0.167. The Balaban J connectivity index is 0.000000581. The van der Waals surface area contributed by atoms with E-state index in [1.54, 1.807) is 0 Å². The quantitative estimate of drug-likeness (QED) is 0.456. The average molecular weight is 263 g/mol. The molecule has 2 aromatic carbocycles. The molecule has 2 heteroatoms. The zero-order valence-electron chi connectivity index (χ0n) is 12.1. The number of pyridine rings is 1. The molecule has 2 heterocycles. The number of rotatable bonds is 0. The van der Waals surface area contributed by atoms with Crippen molar-refractivity contribution in [2.75, 3.05) is 0 Å². The largest absolute Gasteiger partial charge is 0.349 e. The van der Waals surface area contributed by atoms with E-state index in [0.717, 1.165) is 0 Å². The van der Waals surface area contributed by atoms with Crippen LogP contribution in [0.5, 0.6) is 0 Å². The summed E-state index contributed by atoms with van der Waals surface area (Å²) in [4.78, 5) is 3.49. The van der Waals surface area contributed by atoms with Crippen LogP contribution in [0.25, 0.3) is 32.8 Å². The molecule has 0 spiro atoms. The molecule has 1 N–H and O–H groups in total. The van der Waals surface area contributed by atoms with Crippen molar-refractivity contribution in [2.45, 2.75) is 13.8 Å². The molecule has 2 aromatic heterocycles. The number of nitrogens with zero attached hydrogens (tertiary/aromatic N) is 1. The van der Waals surface area contributed by atoms with Gasteiger partial charge in [-0.25, -0.2) is 0 Å². The van der Waals surface area contributed by atoms with Gasteiger partial charge in [-0.05, 0) is 24.3 Å². The van der Waals surface area contributed by atoms with E-state index in [-0.39, 0.29) is 0 Å². The van der Waals surface area contributed by atoms with Crippen molar-refractivity contribution in [3.63, 3.8) is 0 Å². The first-order valence-corrected chi connectivity index (χ1v) is 7.13. The molecule has 0 atom stereocenters. The van der Waals surface area contributed by atoms with E-state index in [1.165, 1.54) is 32.8 Å². The lowest BCUT2D eigenvalue weighted by atomic mass is 10.1. The zero-order chi connectivity index (χ0) is 14.1. The lowest BCUT2D eigenvalue weighted by Gasteiger charge is -1.98. The fourth-order valence-corrected chi connectivity index (χ4v) is 2.80. The van der Waals surface area contributed by atoms with Crippen LogP contribution in [-0.2, 0) is 7.05 Å². The molecule has 0 saturated heterocycles. The second kappa shape index (κ2) is 4.97. The SMILES string of the molecule is CC.C[n+]1c2ccccc2cc2[nH]c3ccccc3c21. The second-order valence-electron chi connectivity index (χ2n) is 4.70. The molecule has 0 aliphatic carbocycles. The Bertz CT molecular complexity index is 888. The Morgan fingerprint density at radius 2 is 1.55 bits per heavy atom. The van der Waals surface area contributed by atoms with Crippen molar-refractivity contribution in [2.24, 2.45) is 7.05 Å². The number of H-pyrrole nitrogens is 1. The average Bonchev–Trinajstić information content (AvgIpc) is 2.88. The van der Waals surface area contributed by atoms with E-state index in [1.807, 2.05) is 13.8 Å². The van der Waals surface area contributed by atoms with E-state index in [2.05, 4.69) is 71.2 Å². The highest BCUT2D eigenvalue weighted by Gasteiger charge is 2.16. The maximum atomic E-state index is 3.49. The third-order valence-electron chi connectivity index (χ3n) is 3.64. The summed E-state index contributed by atoms with van der Waals surface area (Å²) >= 11 is 0. The van der Waals surface area contributed by atoms with Crippen molar-refractivity contribution >= 4 is 32.8 Å². The second-order valence-corrected chi connectivity index (χ2v) is 4.70. The van der Waals surface area contributed by atoms with Crippen LogP contribution in [0.3, 0.4) is 0 Å². The van der Waals surface area contributed by atoms with Crippen molar-refractivity contribution in [3.05, 3.63) is 54.6 Å². The summed E-state index contributed by atoms with van der Waals surface area (Å²) in [6.45, 7) is 4.00. The van der Waals surface area contributed by atoms with Gasteiger partial charge in [0.15, 0.2) is 0 Å². The topological polar surface area (TPSA) is 19.7 Å². The van der Waals surface area contributed by atoms with Crippen molar-refractivity contribution in [1.82, 2.24) is 4.98 Å². The maximum absolute atomic E-state index is 3.49. The first-order chi connectivity index (χ1) is 9.84. The lowest BCUT2D eigenvalue weighted by Crippen LogP contribution is -2.29. The van der Waals surface area contributed by atoms with Gasteiger partial charge >= 0.3 is 0 Å². The van der Waals surface area contributed by atoms with Crippen LogP contribution in [0.1, 0.15) is 13.8 Å². The van der Waals surface area contributed by atoms with Gasteiger partial charge in [0.2, 0.25) is 11.0 Å². The van der Waals surface area contributed by atoms with Crippen LogP contribution in [0.2, 0.25) is 0 Å². The van der Waals surface area contributed by atoms with Gasteiger partial charge < -0.3 is 4.98 Å². The molecule has 0 aliphatic heterocycles. The highest BCUT2D eigenvalue weighted by molar-refractivity contribution is 6.05. The van der Waals surface area contributed by atoms with Gasteiger partial charge in [-0.15, -0.1) is 0 Å². The fourth-order valence-electron chi connectivity index (χ4n) is 2.80. The molecule has 4 rings (SSSR count).